The van der Waals surface area contributed by atoms with Gasteiger partial charge in [-0.3, -0.25) is 9.68 Å². The van der Waals surface area contributed by atoms with Crippen LogP contribution in [0.25, 0.3) is 16.7 Å². The van der Waals surface area contributed by atoms with Gasteiger partial charge in [-0.25, -0.2) is 9.59 Å². The van der Waals surface area contributed by atoms with E-state index >= 15 is 0 Å². The summed E-state index contributed by atoms with van der Waals surface area (Å²) in [5.74, 6) is -2.91. The minimum Gasteiger partial charge on any atom is -0.488 e. The van der Waals surface area contributed by atoms with Crippen LogP contribution in [0.5, 0.6) is 5.75 Å². The van der Waals surface area contributed by atoms with E-state index < -0.39 is 29.8 Å². The maximum Gasteiger partial charge on any atom is 0.355 e. The van der Waals surface area contributed by atoms with Crippen LogP contribution in [0.4, 0.5) is 0 Å². The van der Waals surface area contributed by atoms with Crippen molar-refractivity contribution in [2.75, 3.05) is 26.4 Å². The molecule has 2 aliphatic heterocycles. The number of ether oxygens (including phenoxy) is 2. The molecule has 0 radical (unpaired) electrons. The molecule has 0 bridgehead atoms. The fourth-order valence-electron chi connectivity index (χ4n) is 6.11. The second kappa shape index (κ2) is 12.2. The van der Waals surface area contributed by atoms with Crippen LogP contribution in [0, 0.1) is 17.8 Å². The number of hydrogen-bond donors (Lipinski definition) is 1. The summed E-state index contributed by atoms with van der Waals surface area (Å²) in [5, 5.41) is 9.66. The van der Waals surface area contributed by atoms with Gasteiger partial charge in [0.25, 0.3) is 0 Å². The highest BCUT2D eigenvalue weighted by molar-refractivity contribution is 6.04. The molecule has 0 aromatic heterocycles. The Kier molecular flexibility index (Phi) is 8.42. The first kappa shape index (κ1) is 29.0. The molecule has 2 aromatic carbocycles. The van der Waals surface area contributed by atoms with Crippen molar-refractivity contribution >= 4 is 23.4 Å². The predicted molar refractivity (Wildman–Crippen MR) is 154 cm³/mol. The number of hydrogen-bond acceptors (Lipinski definition) is 8. The molecular formula is C33H33NO8. The zero-order valence-corrected chi connectivity index (χ0v) is 23.6. The van der Waals surface area contributed by atoms with E-state index in [9.17, 15) is 19.5 Å². The average molecular weight is 572 g/mol. The predicted octanol–water partition coefficient (Wildman–Crippen LogP) is 4.23. The Morgan fingerprint density at radius 3 is 2.48 bits per heavy atom. The van der Waals surface area contributed by atoms with Gasteiger partial charge in [-0.2, -0.15) is 4.89 Å². The van der Waals surface area contributed by atoms with Gasteiger partial charge >= 0.3 is 11.9 Å². The van der Waals surface area contributed by atoms with Gasteiger partial charge in [-0.15, -0.1) is 6.58 Å². The minimum absolute atomic E-state index is 0.0195. The molecule has 4 atom stereocenters. The number of amides is 1. The van der Waals surface area contributed by atoms with E-state index in [-0.39, 0.29) is 43.9 Å². The van der Waals surface area contributed by atoms with Crippen LogP contribution in [0.1, 0.15) is 25.0 Å². The molecule has 1 aliphatic carbocycles. The molecule has 9 nitrogen and oxygen atoms in total. The summed E-state index contributed by atoms with van der Waals surface area (Å²) in [4.78, 5) is 50.3. The average Bonchev–Trinajstić information content (AvgIpc) is 3.44. The van der Waals surface area contributed by atoms with Crippen LogP contribution >= 0.6 is 0 Å². The zero-order chi connectivity index (χ0) is 30.0. The summed E-state index contributed by atoms with van der Waals surface area (Å²) in [6.45, 7) is 10.5. The van der Waals surface area contributed by atoms with Crippen molar-refractivity contribution < 1.29 is 38.7 Å². The lowest BCUT2D eigenvalue weighted by Crippen LogP contribution is -2.63. The van der Waals surface area contributed by atoms with Crippen LogP contribution in [-0.2, 0) is 28.9 Å². The Morgan fingerprint density at radius 1 is 1.05 bits per heavy atom. The van der Waals surface area contributed by atoms with Crippen LogP contribution in [0.3, 0.4) is 0 Å². The fraction of sp³-hybridized carbons (Fsp3) is 0.303. The monoisotopic (exact) mass is 571 g/mol. The molecule has 1 saturated heterocycles. The summed E-state index contributed by atoms with van der Waals surface area (Å²) >= 11 is 0. The van der Waals surface area contributed by atoms with Crippen LogP contribution in [-0.4, -0.2) is 60.3 Å². The Hall–Kier alpha value is -4.47. The van der Waals surface area contributed by atoms with Crippen molar-refractivity contribution in [2.45, 2.75) is 19.9 Å². The van der Waals surface area contributed by atoms with Gasteiger partial charge in [0, 0.05) is 17.1 Å². The Balaban J connectivity index is 1.45. The van der Waals surface area contributed by atoms with Gasteiger partial charge in [0.05, 0.1) is 24.5 Å². The summed E-state index contributed by atoms with van der Waals surface area (Å²) in [6, 6.07) is 13.2. The summed E-state index contributed by atoms with van der Waals surface area (Å²) in [7, 11) is 0. The van der Waals surface area contributed by atoms with Gasteiger partial charge in [0.2, 0.25) is 5.91 Å². The third-order valence-corrected chi connectivity index (χ3v) is 8.04. The first-order valence-corrected chi connectivity index (χ1v) is 13.8. The van der Waals surface area contributed by atoms with Gasteiger partial charge in [0.1, 0.15) is 31.3 Å². The molecule has 2 aromatic rings. The van der Waals surface area contributed by atoms with Crippen LogP contribution in [0.2, 0.25) is 0 Å². The SMILES string of the molecule is C=CCOOC(=O)C(C)C1C(=O)N2C(C(=O)OCC=C)=C(COc3cccc4c3-c3ccccc3C4=CCO)[C@H](C)C12. The van der Waals surface area contributed by atoms with E-state index in [2.05, 4.69) is 13.2 Å². The molecular weight excluding hydrogens is 538 g/mol. The molecule has 1 fully saturated rings. The van der Waals surface area contributed by atoms with E-state index in [1.807, 2.05) is 49.4 Å². The number of carbonyl (C=O) groups is 3. The van der Waals surface area contributed by atoms with Gasteiger partial charge < -0.3 is 19.5 Å². The van der Waals surface area contributed by atoms with Crippen molar-refractivity contribution in [1.29, 1.82) is 0 Å². The number of fused-ring (bicyclic) bond motifs is 4. The maximum atomic E-state index is 13.4. The molecule has 42 heavy (non-hydrogen) atoms. The molecule has 9 heteroatoms. The molecule has 1 N–H and O–H groups in total. The van der Waals surface area contributed by atoms with Crippen molar-refractivity contribution in [3.05, 3.63) is 96.2 Å². The third-order valence-electron chi connectivity index (χ3n) is 8.04. The summed E-state index contributed by atoms with van der Waals surface area (Å²) in [6.07, 6.45) is 4.67. The molecule has 0 spiro atoms. The van der Waals surface area contributed by atoms with E-state index in [1.54, 1.807) is 13.0 Å². The number of nitrogens with zero attached hydrogens (tertiary/aromatic N) is 1. The van der Waals surface area contributed by atoms with Gasteiger partial charge in [-0.05, 0) is 28.3 Å². The lowest BCUT2D eigenvalue weighted by Gasteiger charge is -2.47. The number of benzene rings is 2. The molecule has 2 heterocycles. The second-order valence-electron chi connectivity index (χ2n) is 10.4. The second-order valence-corrected chi connectivity index (χ2v) is 10.4. The Labute approximate surface area is 244 Å². The summed E-state index contributed by atoms with van der Waals surface area (Å²) < 4.78 is 11.8. The molecule has 218 valence electrons. The number of aliphatic hydroxyl groups excluding tert-OH is 1. The lowest BCUT2D eigenvalue weighted by atomic mass is 9.74. The normalized spacial score (nSPS) is 21.7. The Bertz CT molecular complexity index is 1510. The highest BCUT2D eigenvalue weighted by atomic mass is 17.2. The molecule has 3 aliphatic rings. The van der Waals surface area contributed by atoms with E-state index in [1.165, 1.54) is 17.1 Å². The quantitative estimate of drug-likeness (QED) is 0.0859. The third kappa shape index (κ3) is 4.84. The smallest absolute Gasteiger partial charge is 0.355 e. The Morgan fingerprint density at radius 2 is 1.76 bits per heavy atom. The minimum atomic E-state index is -0.803. The standard InChI is InChI=1S/C33H33NO8/c1-5-16-39-33(38)30-25(19(3)29-27(31(36)34(29)30)20(4)32(37)42-41-17-6-2)18-40-26-13-9-12-24-22(14-15-35)21-10-7-8-11-23(21)28(24)26/h5-14,19-20,27,29,35H,1-2,15-18H2,3-4H3/t19-,20?,27?,29?/m0/s1. The van der Waals surface area contributed by atoms with E-state index in [0.29, 0.717) is 11.3 Å². The van der Waals surface area contributed by atoms with Crippen LogP contribution < -0.4 is 4.74 Å². The molecule has 5 rings (SSSR count). The first-order chi connectivity index (χ1) is 20.3. The lowest BCUT2D eigenvalue weighted by molar-refractivity contribution is -0.271. The van der Waals surface area contributed by atoms with Crippen molar-refractivity contribution in [3.8, 4) is 16.9 Å². The van der Waals surface area contributed by atoms with E-state index in [0.717, 1.165) is 27.8 Å². The largest absolute Gasteiger partial charge is 0.488 e. The molecule has 3 unspecified atom stereocenters. The van der Waals surface area contributed by atoms with Gasteiger partial charge in [-0.1, -0.05) is 75.1 Å². The molecule has 1 amide bonds. The van der Waals surface area contributed by atoms with Crippen LogP contribution in [0.15, 0.2) is 85.1 Å². The first-order valence-electron chi connectivity index (χ1n) is 13.8. The highest BCUT2D eigenvalue weighted by Gasteiger charge is 2.61. The maximum absolute atomic E-state index is 13.4. The van der Waals surface area contributed by atoms with Crippen molar-refractivity contribution in [3.63, 3.8) is 0 Å². The van der Waals surface area contributed by atoms with Crippen molar-refractivity contribution in [2.24, 2.45) is 17.8 Å². The summed E-state index contributed by atoms with van der Waals surface area (Å²) in [5.41, 5.74) is 5.46. The number of esters is 1. The fourth-order valence-corrected chi connectivity index (χ4v) is 6.11. The number of carbonyl (C=O) groups excluding carboxylic acids is 3. The number of aliphatic hydroxyl groups is 1. The number of rotatable bonds is 12. The number of β-lactam (4-membered cyclic amide) rings is 1. The van der Waals surface area contributed by atoms with E-state index in [4.69, 9.17) is 19.2 Å². The van der Waals surface area contributed by atoms with Crippen molar-refractivity contribution in [1.82, 2.24) is 4.90 Å². The highest BCUT2D eigenvalue weighted by Crippen LogP contribution is 2.51. The van der Waals surface area contributed by atoms with Gasteiger partial charge in [0.15, 0.2) is 0 Å². The topological polar surface area (TPSA) is 112 Å². The zero-order valence-electron chi connectivity index (χ0n) is 23.6. The molecule has 0 saturated carbocycles.